The van der Waals surface area contributed by atoms with Gasteiger partial charge >= 0.3 is 12.0 Å². The van der Waals surface area contributed by atoms with Crippen LogP contribution in [0.15, 0.2) is 24.3 Å². The Morgan fingerprint density at radius 1 is 1.14 bits per heavy atom. The molecule has 29 heavy (non-hydrogen) atoms. The number of fused-ring (bicyclic) bond motifs is 1. The molecular formula is C20H23N3O6. The van der Waals surface area contributed by atoms with Gasteiger partial charge < -0.3 is 10.1 Å². The van der Waals surface area contributed by atoms with Gasteiger partial charge in [0.1, 0.15) is 6.54 Å². The lowest BCUT2D eigenvalue weighted by atomic mass is 9.86. The fourth-order valence-electron chi connectivity index (χ4n) is 3.62. The Morgan fingerprint density at radius 3 is 2.62 bits per heavy atom. The third-order valence-electron chi connectivity index (χ3n) is 5.21. The first-order valence-corrected chi connectivity index (χ1v) is 9.58. The van der Waals surface area contributed by atoms with E-state index in [1.165, 1.54) is 6.07 Å². The maximum absolute atomic E-state index is 12.0. The number of anilines is 1. The number of Topliss-reactive ketones (excluding diaryl/α,β-unsaturated/α-hetero) is 1. The van der Waals surface area contributed by atoms with Crippen molar-refractivity contribution >= 4 is 35.3 Å². The molecule has 1 aliphatic carbocycles. The molecule has 1 aromatic rings. The highest BCUT2D eigenvalue weighted by Crippen LogP contribution is 2.28. The number of amides is 4. The Bertz CT molecular complexity index is 852. The summed E-state index contributed by atoms with van der Waals surface area (Å²) in [7, 11) is 0. The lowest BCUT2D eigenvalue weighted by molar-refractivity contribution is -0.147. The molecule has 1 saturated carbocycles. The van der Waals surface area contributed by atoms with Gasteiger partial charge in [0.15, 0.2) is 6.61 Å². The maximum Gasteiger partial charge on any atom is 0.326 e. The number of ether oxygens (including phenoxy) is 1. The second-order valence-corrected chi connectivity index (χ2v) is 7.29. The number of nitrogens with one attached hydrogen (secondary N) is 2. The summed E-state index contributed by atoms with van der Waals surface area (Å²) in [6.45, 7) is 0.890. The number of ketones is 1. The van der Waals surface area contributed by atoms with E-state index in [1.807, 2.05) is 0 Å². The molecule has 0 unspecified atom stereocenters. The first kappa shape index (κ1) is 20.5. The zero-order valence-corrected chi connectivity index (χ0v) is 16.1. The minimum atomic E-state index is -0.862. The minimum absolute atomic E-state index is 0.0119. The molecule has 0 spiro atoms. The number of nitrogens with zero attached hydrogens (tertiary/aromatic N) is 1. The number of imide groups is 1. The van der Waals surface area contributed by atoms with Gasteiger partial charge in [0.2, 0.25) is 0 Å². The summed E-state index contributed by atoms with van der Waals surface area (Å²) >= 11 is 0. The molecule has 2 N–H and O–H groups in total. The summed E-state index contributed by atoms with van der Waals surface area (Å²) in [4.78, 5) is 60.7. The molecule has 0 radical (unpaired) electrons. The smallest absolute Gasteiger partial charge is 0.326 e. The molecule has 2 atom stereocenters. The Morgan fingerprint density at radius 2 is 1.86 bits per heavy atom. The van der Waals surface area contributed by atoms with E-state index < -0.39 is 42.7 Å². The van der Waals surface area contributed by atoms with Crippen LogP contribution in [0.5, 0.6) is 0 Å². The number of rotatable bonds is 5. The largest absolute Gasteiger partial charge is 0.454 e. The second-order valence-electron chi connectivity index (χ2n) is 7.29. The van der Waals surface area contributed by atoms with Crippen molar-refractivity contribution in [3.8, 4) is 0 Å². The van der Waals surface area contributed by atoms with E-state index in [1.54, 1.807) is 18.2 Å². The summed E-state index contributed by atoms with van der Waals surface area (Å²) < 4.78 is 4.84. The summed E-state index contributed by atoms with van der Waals surface area (Å²) in [6.07, 6.45) is 4.05. The SMILES string of the molecule is C[C@@H]1CCCC[C@H]1NC(=O)NC(=O)COC(=O)CN1C(=O)C(=O)c2ccccc21. The summed E-state index contributed by atoms with van der Waals surface area (Å²) in [5.41, 5.74) is 0.543. The fraction of sp³-hybridized carbons (Fsp3) is 0.450. The second kappa shape index (κ2) is 8.85. The Balaban J connectivity index is 1.44. The molecular weight excluding hydrogens is 378 g/mol. The summed E-state index contributed by atoms with van der Waals surface area (Å²) in [5.74, 6) is -2.82. The number of esters is 1. The monoisotopic (exact) mass is 401 g/mol. The van der Waals surface area contributed by atoms with E-state index in [0.717, 1.165) is 30.6 Å². The van der Waals surface area contributed by atoms with Crippen LogP contribution < -0.4 is 15.5 Å². The molecule has 1 aliphatic heterocycles. The van der Waals surface area contributed by atoms with E-state index in [0.29, 0.717) is 11.6 Å². The van der Waals surface area contributed by atoms with E-state index in [-0.39, 0.29) is 11.6 Å². The molecule has 1 heterocycles. The highest BCUT2D eigenvalue weighted by atomic mass is 16.5. The third-order valence-corrected chi connectivity index (χ3v) is 5.21. The molecule has 0 bridgehead atoms. The highest BCUT2D eigenvalue weighted by molar-refractivity contribution is 6.52. The van der Waals surface area contributed by atoms with Crippen molar-refractivity contribution in [1.82, 2.24) is 10.6 Å². The minimum Gasteiger partial charge on any atom is -0.454 e. The van der Waals surface area contributed by atoms with Crippen LogP contribution in [0.2, 0.25) is 0 Å². The predicted octanol–water partition coefficient (Wildman–Crippen LogP) is 1.16. The first-order chi connectivity index (χ1) is 13.9. The van der Waals surface area contributed by atoms with Gasteiger partial charge in [-0.3, -0.25) is 29.4 Å². The van der Waals surface area contributed by atoms with Crippen molar-refractivity contribution in [3.05, 3.63) is 29.8 Å². The molecule has 1 fully saturated rings. The van der Waals surface area contributed by atoms with Crippen LogP contribution in [-0.4, -0.2) is 48.8 Å². The van der Waals surface area contributed by atoms with Crippen LogP contribution in [-0.2, 0) is 19.1 Å². The predicted molar refractivity (Wildman–Crippen MR) is 102 cm³/mol. The van der Waals surface area contributed by atoms with Crippen molar-refractivity contribution < 1.29 is 28.7 Å². The van der Waals surface area contributed by atoms with Crippen molar-refractivity contribution in [1.29, 1.82) is 0 Å². The van der Waals surface area contributed by atoms with Gasteiger partial charge in [-0.2, -0.15) is 0 Å². The Labute approximate surface area is 167 Å². The zero-order valence-electron chi connectivity index (χ0n) is 16.1. The third kappa shape index (κ3) is 4.79. The molecule has 0 saturated heterocycles. The molecule has 9 heteroatoms. The number of carbonyl (C=O) groups is 5. The maximum atomic E-state index is 12.0. The zero-order chi connectivity index (χ0) is 21.0. The normalized spacial score (nSPS) is 20.8. The quantitative estimate of drug-likeness (QED) is 0.564. The van der Waals surface area contributed by atoms with E-state index in [4.69, 9.17) is 4.74 Å². The molecule has 4 amide bonds. The standard InChI is InChI=1S/C20H23N3O6/c1-12-6-2-4-8-14(12)21-20(28)22-16(24)11-29-17(25)10-23-15-9-5-3-7-13(15)18(26)19(23)27/h3,5,7,9,12,14H,2,4,6,8,10-11H2,1H3,(H2,21,22,24,28)/t12-,14-/m1/s1. The molecule has 1 aromatic carbocycles. The molecule has 3 rings (SSSR count). The lowest BCUT2D eigenvalue weighted by Crippen LogP contribution is -2.48. The molecule has 154 valence electrons. The Hall–Kier alpha value is -3.23. The van der Waals surface area contributed by atoms with Crippen molar-refractivity contribution in [2.45, 2.75) is 38.6 Å². The van der Waals surface area contributed by atoms with Crippen LogP contribution in [0.4, 0.5) is 10.5 Å². The van der Waals surface area contributed by atoms with Gasteiger partial charge in [0, 0.05) is 6.04 Å². The van der Waals surface area contributed by atoms with Gasteiger partial charge in [0.25, 0.3) is 17.6 Å². The molecule has 9 nitrogen and oxygen atoms in total. The number of carbonyl (C=O) groups excluding carboxylic acids is 5. The van der Waals surface area contributed by atoms with Crippen LogP contribution in [0, 0.1) is 5.92 Å². The van der Waals surface area contributed by atoms with Crippen LogP contribution >= 0.6 is 0 Å². The fourth-order valence-corrected chi connectivity index (χ4v) is 3.62. The van der Waals surface area contributed by atoms with E-state index in [9.17, 15) is 24.0 Å². The molecule has 0 aromatic heterocycles. The van der Waals surface area contributed by atoms with Crippen molar-refractivity contribution in [2.75, 3.05) is 18.1 Å². The van der Waals surface area contributed by atoms with Crippen LogP contribution in [0.3, 0.4) is 0 Å². The summed E-state index contributed by atoms with van der Waals surface area (Å²) in [6, 6.07) is 5.70. The van der Waals surface area contributed by atoms with Crippen molar-refractivity contribution in [2.24, 2.45) is 5.92 Å². The average molecular weight is 401 g/mol. The van der Waals surface area contributed by atoms with Gasteiger partial charge in [-0.1, -0.05) is 31.9 Å². The van der Waals surface area contributed by atoms with Gasteiger partial charge in [-0.25, -0.2) is 4.79 Å². The lowest BCUT2D eigenvalue weighted by Gasteiger charge is -2.29. The summed E-state index contributed by atoms with van der Waals surface area (Å²) in [5, 5.41) is 4.89. The first-order valence-electron chi connectivity index (χ1n) is 9.58. The van der Waals surface area contributed by atoms with Gasteiger partial charge in [-0.15, -0.1) is 0 Å². The topological polar surface area (TPSA) is 122 Å². The Kier molecular flexibility index (Phi) is 6.26. The van der Waals surface area contributed by atoms with Crippen LogP contribution in [0.1, 0.15) is 43.0 Å². The van der Waals surface area contributed by atoms with Crippen LogP contribution in [0.25, 0.3) is 0 Å². The van der Waals surface area contributed by atoms with E-state index >= 15 is 0 Å². The van der Waals surface area contributed by atoms with E-state index in [2.05, 4.69) is 17.6 Å². The number of hydrogen-bond donors (Lipinski definition) is 2. The average Bonchev–Trinajstić information content (AvgIpc) is 2.93. The van der Waals surface area contributed by atoms with Gasteiger partial charge in [-0.05, 0) is 30.9 Å². The van der Waals surface area contributed by atoms with Crippen molar-refractivity contribution in [3.63, 3.8) is 0 Å². The molecule has 2 aliphatic rings. The number of benzene rings is 1. The number of urea groups is 1. The number of para-hydroxylation sites is 1. The van der Waals surface area contributed by atoms with Gasteiger partial charge in [0.05, 0.1) is 11.3 Å². The number of hydrogen-bond acceptors (Lipinski definition) is 6. The highest BCUT2D eigenvalue weighted by Gasteiger charge is 2.36.